The van der Waals surface area contributed by atoms with E-state index in [4.69, 9.17) is 22.2 Å². The molecule has 0 amide bonds. The van der Waals surface area contributed by atoms with Crippen LogP contribution in [0.3, 0.4) is 0 Å². The molecule has 4 rings (SSSR count). The average Bonchev–Trinajstić information content (AvgIpc) is 3.00. The second-order valence-electron chi connectivity index (χ2n) is 5.66. The van der Waals surface area contributed by atoms with Crippen molar-refractivity contribution < 1.29 is 0 Å². The Morgan fingerprint density at radius 3 is 2.44 bits per heavy atom. The lowest BCUT2D eigenvalue weighted by Crippen LogP contribution is -2.03. The summed E-state index contributed by atoms with van der Waals surface area (Å²) in [4.78, 5) is 13.3. The summed E-state index contributed by atoms with van der Waals surface area (Å²) in [6, 6.07) is 15.2. The van der Waals surface area contributed by atoms with Crippen molar-refractivity contribution in [3.8, 4) is 17.1 Å². The zero-order chi connectivity index (χ0) is 17.4. The molecule has 0 radical (unpaired) electrons. The molecule has 0 aliphatic carbocycles. The minimum Gasteiger partial charge on any atom is -0.384 e. The molecule has 4 aromatic rings. The molecule has 0 fully saturated rings. The van der Waals surface area contributed by atoms with Crippen LogP contribution in [0.25, 0.3) is 28.2 Å². The summed E-state index contributed by atoms with van der Waals surface area (Å²) in [5.41, 5.74) is 21.7. The fraction of sp³-hybridized carbons (Fsp3) is 0.0556. The van der Waals surface area contributed by atoms with Gasteiger partial charge in [-0.15, -0.1) is 0 Å². The van der Waals surface area contributed by atoms with Crippen LogP contribution < -0.4 is 17.2 Å². The maximum Gasteiger partial charge on any atom is 0.167 e. The Bertz CT molecular complexity index is 1050. The van der Waals surface area contributed by atoms with Gasteiger partial charge in [-0.25, -0.2) is 15.0 Å². The standard InChI is InChI=1S/C18H17N7/c19-10-11-3-5-12(6-4-11)25-17(13-2-1-9-22-16(13)21)23-14-7-8-15(20)24-18(14)25/h1-9H,10,19H2,(H2,20,24)(H2,21,22). The smallest absolute Gasteiger partial charge is 0.167 e. The zero-order valence-electron chi connectivity index (χ0n) is 13.4. The van der Waals surface area contributed by atoms with Gasteiger partial charge in [0.2, 0.25) is 0 Å². The first-order chi connectivity index (χ1) is 12.2. The summed E-state index contributed by atoms with van der Waals surface area (Å²) in [7, 11) is 0. The molecule has 7 heteroatoms. The lowest BCUT2D eigenvalue weighted by atomic mass is 10.2. The molecule has 0 atom stereocenters. The molecular formula is C18H17N7. The van der Waals surface area contributed by atoms with Gasteiger partial charge in [-0.3, -0.25) is 4.57 Å². The largest absolute Gasteiger partial charge is 0.384 e. The molecule has 7 nitrogen and oxygen atoms in total. The van der Waals surface area contributed by atoms with Crippen molar-refractivity contribution in [2.75, 3.05) is 11.5 Å². The molecule has 6 N–H and O–H groups in total. The number of rotatable bonds is 3. The van der Waals surface area contributed by atoms with Crippen molar-refractivity contribution in [2.45, 2.75) is 6.54 Å². The third kappa shape index (κ3) is 2.56. The summed E-state index contributed by atoms with van der Waals surface area (Å²) in [5.74, 6) is 1.50. The van der Waals surface area contributed by atoms with Gasteiger partial charge < -0.3 is 17.2 Å². The van der Waals surface area contributed by atoms with Gasteiger partial charge in [0, 0.05) is 18.4 Å². The summed E-state index contributed by atoms with van der Waals surface area (Å²) in [6.07, 6.45) is 1.65. The molecular weight excluding hydrogens is 314 g/mol. The van der Waals surface area contributed by atoms with Crippen molar-refractivity contribution in [3.63, 3.8) is 0 Å². The summed E-state index contributed by atoms with van der Waals surface area (Å²) in [6.45, 7) is 0.485. The van der Waals surface area contributed by atoms with Gasteiger partial charge in [0.05, 0.1) is 5.56 Å². The van der Waals surface area contributed by atoms with E-state index in [1.165, 1.54) is 0 Å². The number of nitrogen functional groups attached to an aromatic ring is 2. The fourth-order valence-corrected chi connectivity index (χ4v) is 2.78. The first kappa shape index (κ1) is 15.1. The lowest BCUT2D eigenvalue weighted by molar-refractivity contribution is 1.05. The van der Waals surface area contributed by atoms with E-state index in [9.17, 15) is 0 Å². The van der Waals surface area contributed by atoms with Crippen LogP contribution in [0.2, 0.25) is 0 Å². The van der Waals surface area contributed by atoms with Crippen molar-refractivity contribution in [2.24, 2.45) is 5.73 Å². The molecule has 3 heterocycles. The maximum atomic E-state index is 6.07. The fourth-order valence-electron chi connectivity index (χ4n) is 2.78. The van der Waals surface area contributed by atoms with Crippen LogP contribution >= 0.6 is 0 Å². The van der Waals surface area contributed by atoms with Crippen molar-refractivity contribution in [1.82, 2.24) is 19.5 Å². The predicted octanol–water partition coefficient (Wildman–Crippen LogP) is 2.11. The van der Waals surface area contributed by atoms with Crippen molar-refractivity contribution >= 4 is 22.8 Å². The van der Waals surface area contributed by atoms with Gasteiger partial charge in [-0.05, 0) is 42.0 Å². The number of hydrogen-bond donors (Lipinski definition) is 3. The van der Waals surface area contributed by atoms with E-state index in [0.717, 1.165) is 22.3 Å². The molecule has 0 saturated carbocycles. The highest BCUT2D eigenvalue weighted by Gasteiger charge is 2.17. The van der Waals surface area contributed by atoms with Crippen LogP contribution in [-0.4, -0.2) is 19.5 Å². The number of hydrogen-bond acceptors (Lipinski definition) is 6. The quantitative estimate of drug-likeness (QED) is 0.528. The van der Waals surface area contributed by atoms with Gasteiger partial charge in [0.25, 0.3) is 0 Å². The maximum absolute atomic E-state index is 6.07. The number of imidazole rings is 1. The molecule has 0 saturated heterocycles. The second-order valence-corrected chi connectivity index (χ2v) is 5.66. The van der Waals surface area contributed by atoms with Crippen LogP contribution in [0.1, 0.15) is 5.56 Å². The molecule has 0 bridgehead atoms. The number of nitrogens with two attached hydrogens (primary N) is 3. The van der Waals surface area contributed by atoms with Crippen LogP contribution in [0, 0.1) is 0 Å². The minimum atomic E-state index is 0.408. The lowest BCUT2D eigenvalue weighted by Gasteiger charge is -2.10. The highest BCUT2D eigenvalue weighted by molar-refractivity contribution is 5.83. The second kappa shape index (κ2) is 5.88. The number of anilines is 2. The predicted molar refractivity (Wildman–Crippen MR) is 98.8 cm³/mol. The number of benzene rings is 1. The first-order valence-corrected chi connectivity index (χ1v) is 7.82. The minimum absolute atomic E-state index is 0.408. The summed E-state index contributed by atoms with van der Waals surface area (Å²) in [5, 5.41) is 0. The van der Waals surface area contributed by atoms with Crippen molar-refractivity contribution in [1.29, 1.82) is 0 Å². The van der Waals surface area contributed by atoms with Crippen LogP contribution in [0.4, 0.5) is 11.6 Å². The van der Waals surface area contributed by atoms with Gasteiger partial charge >= 0.3 is 0 Å². The Kier molecular flexibility index (Phi) is 3.55. The van der Waals surface area contributed by atoms with Crippen molar-refractivity contribution in [3.05, 3.63) is 60.3 Å². The topological polar surface area (TPSA) is 122 Å². The van der Waals surface area contributed by atoms with Crippen LogP contribution in [0.15, 0.2) is 54.7 Å². The molecule has 124 valence electrons. The Morgan fingerprint density at radius 1 is 0.920 bits per heavy atom. The number of fused-ring (bicyclic) bond motifs is 1. The Labute approximate surface area is 144 Å². The van der Waals surface area contributed by atoms with E-state index < -0.39 is 0 Å². The van der Waals surface area contributed by atoms with Gasteiger partial charge in [0.15, 0.2) is 11.5 Å². The summed E-state index contributed by atoms with van der Waals surface area (Å²) >= 11 is 0. The van der Waals surface area contributed by atoms with E-state index in [0.29, 0.717) is 29.7 Å². The normalized spacial score (nSPS) is 11.1. The average molecular weight is 331 g/mol. The summed E-state index contributed by atoms with van der Waals surface area (Å²) < 4.78 is 1.93. The van der Waals surface area contributed by atoms with Gasteiger partial charge in [0.1, 0.15) is 17.2 Å². The number of pyridine rings is 2. The Morgan fingerprint density at radius 2 is 1.72 bits per heavy atom. The molecule has 25 heavy (non-hydrogen) atoms. The van der Waals surface area contributed by atoms with Crippen LogP contribution in [0.5, 0.6) is 0 Å². The van der Waals surface area contributed by atoms with E-state index >= 15 is 0 Å². The van der Waals surface area contributed by atoms with Gasteiger partial charge in [-0.1, -0.05) is 12.1 Å². The first-order valence-electron chi connectivity index (χ1n) is 7.82. The molecule has 1 aromatic carbocycles. The highest BCUT2D eigenvalue weighted by Crippen LogP contribution is 2.30. The highest BCUT2D eigenvalue weighted by atomic mass is 15.1. The third-order valence-electron chi connectivity index (χ3n) is 4.04. The van der Waals surface area contributed by atoms with E-state index in [1.54, 1.807) is 12.3 Å². The number of aromatic nitrogens is 4. The third-order valence-corrected chi connectivity index (χ3v) is 4.04. The molecule has 0 aliphatic heterocycles. The van der Waals surface area contributed by atoms with E-state index in [2.05, 4.69) is 9.97 Å². The zero-order valence-corrected chi connectivity index (χ0v) is 13.4. The number of nitrogens with zero attached hydrogens (tertiary/aromatic N) is 4. The van der Waals surface area contributed by atoms with E-state index in [-0.39, 0.29) is 0 Å². The van der Waals surface area contributed by atoms with Crippen LogP contribution in [-0.2, 0) is 6.54 Å². The van der Waals surface area contributed by atoms with Gasteiger partial charge in [-0.2, -0.15) is 0 Å². The Balaban J connectivity index is 2.03. The SMILES string of the molecule is NCc1ccc(-n2c(-c3cccnc3N)nc3ccc(N)nc32)cc1. The van der Waals surface area contributed by atoms with E-state index in [1.807, 2.05) is 47.0 Å². The molecule has 0 aliphatic rings. The monoisotopic (exact) mass is 331 g/mol. The molecule has 0 unspecified atom stereocenters. The Hall–Kier alpha value is -3.45. The molecule has 3 aromatic heterocycles. The molecule has 0 spiro atoms.